The highest BCUT2D eigenvalue weighted by Gasteiger charge is 2.14. The molecule has 4 heteroatoms. The van der Waals surface area contributed by atoms with Crippen LogP contribution < -0.4 is 0 Å². The van der Waals surface area contributed by atoms with Crippen LogP contribution in [0.4, 0.5) is 0 Å². The molecule has 0 aromatic rings. The molecule has 0 bridgehead atoms. The molecule has 1 unspecified atom stereocenters. The highest BCUT2D eigenvalue weighted by molar-refractivity contribution is 5.69. The number of esters is 1. The van der Waals surface area contributed by atoms with Gasteiger partial charge in [-0.05, 0) is 70.6 Å². The van der Waals surface area contributed by atoms with Gasteiger partial charge in [-0.25, -0.2) is 0 Å². The van der Waals surface area contributed by atoms with Gasteiger partial charge in [-0.1, -0.05) is 115 Å². The average Bonchev–Trinajstić information content (AvgIpc) is 2.90. The van der Waals surface area contributed by atoms with E-state index in [1.165, 1.54) is 38.5 Å². The van der Waals surface area contributed by atoms with Gasteiger partial charge in [-0.2, -0.15) is 0 Å². The second-order valence-corrected chi connectivity index (χ2v) is 10.6. The van der Waals surface area contributed by atoms with Gasteiger partial charge in [-0.15, -0.1) is 0 Å². The Morgan fingerprint density at radius 2 is 1.11 bits per heavy atom. The summed E-state index contributed by atoms with van der Waals surface area (Å²) in [5.41, 5.74) is 0. The largest absolute Gasteiger partial charge is 0.481 e. The van der Waals surface area contributed by atoms with Crippen molar-refractivity contribution in [1.29, 1.82) is 0 Å². The Balaban J connectivity index is 3.89. The second-order valence-electron chi connectivity index (χ2n) is 10.6. The molecular weight excluding hydrogens is 472 g/mol. The van der Waals surface area contributed by atoms with Crippen LogP contribution in [0, 0.1) is 0 Å². The number of aliphatic carboxylic acids is 1. The lowest BCUT2D eigenvalue weighted by atomic mass is 10.0. The third-order valence-electron chi connectivity index (χ3n) is 6.88. The number of carboxylic acids is 1. The Morgan fingerprint density at radius 3 is 1.71 bits per heavy atom. The first-order valence-electron chi connectivity index (χ1n) is 16.0. The van der Waals surface area contributed by atoms with Crippen LogP contribution in [0.25, 0.3) is 0 Å². The van der Waals surface area contributed by atoms with Crippen molar-refractivity contribution in [3.63, 3.8) is 0 Å². The van der Waals surface area contributed by atoms with Crippen LogP contribution in [-0.4, -0.2) is 23.1 Å². The molecule has 4 nitrogen and oxygen atoms in total. The summed E-state index contributed by atoms with van der Waals surface area (Å²) in [6.45, 7) is 4.38. The molecule has 0 heterocycles. The first-order chi connectivity index (χ1) is 18.6. The third kappa shape index (κ3) is 28.7. The molecule has 0 saturated heterocycles. The highest BCUT2D eigenvalue weighted by atomic mass is 16.5. The van der Waals surface area contributed by atoms with E-state index in [1.807, 2.05) is 0 Å². The molecule has 220 valence electrons. The van der Waals surface area contributed by atoms with Gasteiger partial charge in [-0.3, -0.25) is 9.59 Å². The topological polar surface area (TPSA) is 63.6 Å². The molecule has 0 rings (SSSR count). The van der Waals surface area contributed by atoms with Gasteiger partial charge >= 0.3 is 11.9 Å². The van der Waals surface area contributed by atoms with Crippen LogP contribution in [-0.2, 0) is 14.3 Å². The van der Waals surface area contributed by atoms with E-state index in [1.54, 1.807) is 0 Å². The van der Waals surface area contributed by atoms with Crippen LogP contribution in [0.15, 0.2) is 36.5 Å². The maximum Gasteiger partial charge on any atom is 0.306 e. The summed E-state index contributed by atoms with van der Waals surface area (Å²) < 4.78 is 5.90. The number of hydrogen-bond acceptors (Lipinski definition) is 3. The maximum atomic E-state index is 12.4. The lowest BCUT2D eigenvalue weighted by molar-refractivity contribution is -0.150. The summed E-state index contributed by atoms with van der Waals surface area (Å²) in [7, 11) is 0. The van der Waals surface area contributed by atoms with E-state index in [0.717, 1.165) is 96.3 Å². The molecule has 0 aliphatic carbocycles. The molecule has 0 saturated carbocycles. The monoisotopic (exact) mass is 532 g/mol. The van der Waals surface area contributed by atoms with Gasteiger partial charge in [0.25, 0.3) is 0 Å². The highest BCUT2D eigenvalue weighted by Crippen LogP contribution is 2.18. The van der Waals surface area contributed by atoms with Crippen LogP contribution >= 0.6 is 0 Å². The Kier molecular flexibility index (Phi) is 28.3. The van der Waals surface area contributed by atoms with Crippen molar-refractivity contribution in [2.45, 2.75) is 168 Å². The summed E-state index contributed by atoms with van der Waals surface area (Å²) in [6, 6.07) is 0. The number of carbonyl (C=O) groups is 2. The van der Waals surface area contributed by atoms with Crippen molar-refractivity contribution in [3.8, 4) is 0 Å². The van der Waals surface area contributed by atoms with Crippen molar-refractivity contribution >= 4 is 11.9 Å². The van der Waals surface area contributed by atoms with Crippen LogP contribution in [0.1, 0.15) is 162 Å². The fourth-order valence-electron chi connectivity index (χ4n) is 4.55. The lowest BCUT2D eigenvalue weighted by Gasteiger charge is -2.18. The number of unbranched alkanes of at least 4 members (excludes halogenated alkanes) is 13. The minimum absolute atomic E-state index is 0.0136. The van der Waals surface area contributed by atoms with E-state index in [9.17, 15) is 9.59 Å². The molecule has 0 radical (unpaired) electrons. The molecule has 0 amide bonds. The molecule has 0 aliphatic heterocycles. The number of carboxylic acid groups (broad SMARTS) is 1. The molecule has 1 atom stereocenters. The van der Waals surface area contributed by atoms with E-state index < -0.39 is 5.97 Å². The zero-order valence-electron chi connectivity index (χ0n) is 25.0. The molecule has 0 aromatic heterocycles. The predicted octanol–water partition coefficient (Wildman–Crippen LogP) is 10.7. The van der Waals surface area contributed by atoms with Gasteiger partial charge in [0.1, 0.15) is 6.10 Å². The summed E-state index contributed by atoms with van der Waals surface area (Å²) in [5, 5.41) is 8.71. The van der Waals surface area contributed by atoms with Gasteiger partial charge < -0.3 is 9.84 Å². The van der Waals surface area contributed by atoms with Crippen molar-refractivity contribution in [3.05, 3.63) is 36.5 Å². The Morgan fingerprint density at radius 1 is 0.605 bits per heavy atom. The smallest absolute Gasteiger partial charge is 0.306 e. The second kappa shape index (κ2) is 29.7. The molecule has 38 heavy (non-hydrogen) atoms. The molecule has 0 fully saturated rings. The molecule has 0 spiro atoms. The van der Waals surface area contributed by atoms with E-state index >= 15 is 0 Å². The van der Waals surface area contributed by atoms with Gasteiger partial charge in [0.15, 0.2) is 0 Å². The Bertz CT molecular complexity index is 620. The molecule has 0 aliphatic rings. The predicted molar refractivity (Wildman–Crippen MR) is 162 cm³/mol. The van der Waals surface area contributed by atoms with E-state index in [4.69, 9.17) is 9.84 Å². The molecular formula is C34H60O4. The molecule has 0 aromatic carbocycles. The van der Waals surface area contributed by atoms with Crippen LogP contribution in [0.5, 0.6) is 0 Å². The van der Waals surface area contributed by atoms with Gasteiger partial charge in [0.05, 0.1) is 0 Å². The SMILES string of the molecule is CC/C=C\C/C=C\C/C=C\CCCCCCCC(=O)OC(CCCCCC)CCCCCCCCC(=O)O. The number of ether oxygens (including phenoxy) is 1. The number of hydrogen-bond donors (Lipinski definition) is 1. The van der Waals surface area contributed by atoms with Crippen LogP contribution in [0.3, 0.4) is 0 Å². The number of rotatable bonds is 28. The fourth-order valence-corrected chi connectivity index (χ4v) is 4.55. The fraction of sp³-hybridized carbons (Fsp3) is 0.765. The summed E-state index contributed by atoms with van der Waals surface area (Å²) in [4.78, 5) is 23.0. The first kappa shape index (κ1) is 36.2. The minimum Gasteiger partial charge on any atom is -0.481 e. The Labute approximate surface area is 235 Å². The minimum atomic E-state index is -0.698. The average molecular weight is 533 g/mol. The number of allylic oxidation sites excluding steroid dienone is 6. The van der Waals surface area contributed by atoms with E-state index in [2.05, 4.69) is 50.3 Å². The third-order valence-corrected chi connectivity index (χ3v) is 6.88. The van der Waals surface area contributed by atoms with E-state index in [-0.39, 0.29) is 18.5 Å². The maximum absolute atomic E-state index is 12.4. The zero-order valence-corrected chi connectivity index (χ0v) is 25.0. The standard InChI is InChI=1S/C34H60O4/c1-3-5-7-9-10-11-12-13-14-15-16-17-18-23-27-31-34(37)38-32(28-24-8-6-4-2)29-25-21-19-20-22-26-30-33(35)36/h5,7,10-11,13-14,32H,3-4,6,8-9,12,15-31H2,1-2H3,(H,35,36)/b7-5-,11-10-,14-13-. The number of carbonyl (C=O) groups excluding carboxylic acids is 1. The normalized spacial score (nSPS) is 12.7. The van der Waals surface area contributed by atoms with Crippen molar-refractivity contribution in [2.75, 3.05) is 0 Å². The summed E-state index contributed by atoms with van der Waals surface area (Å²) in [5.74, 6) is -0.712. The zero-order chi connectivity index (χ0) is 27.9. The van der Waals surface area contributed by atoms with Crippen LogP contribution in [0.2, 0.25) is 0 Å². The lowest BCUT2D eigenvalue weighted by Crippen LogP contribution is -2.18. The summed E-state index contributed by atoms with van der Waals surface area (Å²) in [6.07, 6.45) is 37.4. The van der Waals surface area contributed by atoms with E-state index in [0.29, 0.717) is 6.42 Å². The van der Waals surface area contributed by atoms with Gasteiger partial charge in [0, 0.05) is 12.8 Å². The van der Waals surface area contributed by atoms with Crippen molar-refractivity contribution in [1.82, 2.24) is 0 Å². The first-order valence-corrected chi connectivity index (χ1v) is 16.0. The van der Waals surface area contributed by atoms with Crippen molar-refractivity contribution in [2.24, 2.45) is 0 Å². The molecule has 1 N–H and O–H groups in total. The van der Waals surface area contributed by atoms with Gasteiger partial charge in [0.2, 0.25) is 0 Å². The van der Waals surface area contributed by atoms with Crippen molar-refractivity contribution < 1.29 is 19.4 Å². The Hall–Kier alpha value is -1.84. The summed E-state index contributed by atoms with van der Waals surface area (Å²) >= 11 is 0. The quantitative estimate of drug-likeness (QED) is 0.0618.